The summed E-state index contributed by atoms with van der Waals surface area (Å²) in [7, 11) is 0. The summed E-state index contributed by atoms with van der Waals surface area (Å²) in [5.41, 5.74) is 0. The lowest BCUT2D eigenvalue weighted by molar-refractivity contribution is -0.153. The first-order valence-electron chi connectivity index (χ1n) is 4.47. The molecule has 0 bridgehead atoms. The van der Waals surface area contributed by atoms with Gasteiger partial charge in [-0.05, 0) is 6.92 Å². The molecule has 0 aromatic rings. The lowest BCUT2D eigenvalue weighted by Gasteiger charge is -1.95. The summed E-state index contributed by atoms with van der Waals surface area (Å²) in [4.78, 5) is 42.4. The maximum absolute atomic E-state index is 10.9. The van der Waals surface area contributed by atoms with E-state index in [1.165, 1.54) is 0 Å². The highest BCUT2D eigenvalue weighted by Gasteiger charge is 2.05. The molecule has 0 heterocycles. The summed E-state index contributed by atoms with van der Waals surface area (Å²) in [6.45, 7) is 1.74. The number of carboxylic acids is 1. The number of esters is 3. The van der Waals surface area contributed by atoms with Gasteiger partial charge in [-0.1, -0.05) is 0 Å². The average Bonchev–Trinajstić information content (AvgIpc) is 2.24. The Hall–Kier alpha value is -2.44. The number of hydrogen-bond acceptors (Lipinski definition) is 6. The first kappa shape index (κ1) is 14.6. The first-order valence-corrected chi connectivity index (χ1v) is 4.47. The summed E-state index contributed by atoms with van der Waals surface area (Å²) in [6.07, 6.45) is 2.58. The van der Waals surface area contributed by atoms with Crippen molar-refractivity contribution in [1.82, 2.24) is 0 Å². The summed E-state index contributed by atoms with van der Waals surface area (Å²) in [5.74, 6) is -4.35. The second-order valence-corrected chi connectivity index (χ2v) is 2.50. The van der Waals surface area contributed by atoms with E-state index in [2.05, 4.69) is 9.47 Å². The van der Waals surface area contributed by atoms with Gasteiger partial charge in [-0.15, -0.1) is 0 Å². The van der Waals surface area contributed by atoms with E-state index < -0.39 is 23.9 Å². The standard InChI is InChI=1S/C10H10O7/c1-2-16-8(13)5-6-10(15)17-9(14)4-3-7(11)12/h3-6H,2H2,1H3,(H,11,12)/b4-3-,6-5-. The molecule has 1 N–H and O–H groups in total. The van der Waals surface area contributed by atoms with Crippen LogP contribution in [0, 0.1) is 0 Å². The Balaban J connectivity index is 4.14. The zero-order valence-electron chi connectivity index (χ0n) is 8.91. The molecule has 0 saturated heterocycles. The maximum Gasteiger partial charge on any atom is 0.338 e. The number of carboxylic acid groups (broad SMARTS) is 1. The van der Waals surface area contributed by atoms with E-state index in [4.69, 9.17) is 5.11 Å². The minimum absolute atomic E-state index is 0.151. The minimum Gasteiger partial charge on any atom is -0.478 e. The molecule has 0 aromatic carbocycles. The van der Waals surface area contributed by atoms with Crippen molar-refractivity contribution in [2.45, 2.75) is 6.92 Å². The fraction of sp³-hybridized carbons (Fsp3) is 0.200. The Kier molecular flexibility index (Phi) is 6.68. The van der Waals surface area contributed by atoms with Crippen LogP contribution in [0.15, 0.2) is 24.3 Å². The summed E-state index contributed by atoms with van der Waals surface area (Å²) in [5, 5.41) is 8.18. The van der Waals surface area contributed by atoms with Gasteiger partial charge in [0.1, 0.15) is 0 Å². The summed E-state index contributed by atoms with van der Waals surface area (Å²) < 4.78 is 8.57. The molecule has 7 nitrogen and oxygen atoms in total. The number of carbonyl (C=O) groups excluding carboxylic acids is 3. The van der Waals surface area contributed by atoms with Crippen LogP contribution in [0.4, 0.5) is 0 Å². The van der Waals surface area contributed by atoms with Gasteiger partial charge in [0, 0.05) is 24.3 Å². The monoisotopic (exact) mass is 242 g/mol. The second kappa shape index (κ2) is 7.80. The van der Waals surface area contributed by atoms with Gasteiger partial charge in [0.2, 0.25) is 0 Å². The molecule has 0 fully saturated rings. The SMILES string of the molecule is CCOC(=O)/C=C\C(=O)OC(=O)/C=C\C(=O)O. The quantitative estimate of drug-likeness (QED) is 0.404. The van der Waals surface area contributed by atoms with Crippen molar-refractivity contribution in [2.75, 3.05) is 6.61 Å². The van der Waals surface area contributed by atoms with E-state index in [1.807, 2.05) is 0 Å². The minimum atomic E-state index is -1.35. The fourth-order valence-electron chi connectivity index (χ4n) is 0.633. The summed E-state index contributed by atoms with van der Waals surface area (Å²) >= 11 is 0. The van der Waals surface area contributed by atoms with Gasteiger partial charge >= 0.3 is 23.9 Å². The topological polar surface area (TPSA) is 107 Å². The van der Waals surface area contributed by atoms with Crippen molar-refractivity contribution in [2.24, 2.45) is 0 Å². The average molecular weight is 242 g/mol. The Morgan fingerprint density at radius 1 is 0.941 bits per heavy atom. The molecule has 92 valence electrons. The predicted molar refractivity (Wildman–Crippen MR) is 53.6 cm³/mol. The molecule has 0 aromatic heterocycles. The highest BCUT2D eigenvalue weighted by Crippen LogP contribution is 1.88. The molecular weight excluding hydrogens is 232 g/mol. The largest absolute Gasteiger partial charge is 0.478 e. The number of carbonyl (C=O) groups is 4. The van der Waals surface area contributed by atoms with Crippen molar-refractivity contribution in [3.63, 3.8) is 0 Å². The highest BCUT2D eigenvalue weighted by molar-refractivity contribution is 6.00. The van der Waals surface area contributed by atoms with Gasteiger partial charge in [-0.25, -0.2) is 19.2 Å². The third-order valence-electron chi connectivity index (χ3n) is 1.21. The molecule has 7 heteroatoms. The Morgan fingerprint density at radius 2 is 1.41 bits per heavy atom. The van der Waals surface area contributed by atoms with Crippen molar-refractivity contribution >= 4 is 23.9 Å². The predicted octanol–water partition coefficient (Wildman–Crippen LogP) is -0.184. The molecule has 0 aliphatic heterocycles. The van der Waals surface area contributed by atoms with Gasteiger partial charge < -0.3 is 14.6 Å². The third-order valence-corrected chi connectivity index (χ3v) is 1.21. The lowest BCUT2D eigenvalue weighted by atomic mass is 10.5. The van der Waals surface area contributed by atoms with E-state index >= 15 is 0 Å². The van der Waals surface area contributed by atoms with Gasteiger partial charge in [0.25, 0.3) is 0 Å². The van der Waals surface area contributed by atoms with Crippen LogP contribution in [0.2, 0.25) is 0 Å². The Morgan fingerprint density at radius 3 is 1.88 bits per heavy atom. The second-order valence-electron chi connectivity index (χ2n) is 2.50. The van der Waals surface area contributed by atoms with Crippen LogP contribution in [0.5, 0.6) is 0 Å². The molecule has 0 amide bonds. The zero-order valence-corrected chi connectivity index (χ0v) is 8.91. The van der Waals surface area contributed by atoms with Crippen LogP contribution >= 0.6 is 0 Å². The van der Waals surface area contributed by atoms with E-state index in [0.717, 1.165) is 6.08 Å². The smallest absolute Gasteiger partial charge is 0.338 e. The van der Waals surface area contributed by atoms with Crippen molar-refractivity contribution < 1.29 is 33.8 Å². The van der Waals surface area contributed by atoms with Crippen molar-refractivity contribution in [1.29, 1.82) is 0 Å². The van der Waals surface area contributed by atoms with Crippen LogP contribution in [-0.2, 0) is 28.7 Å². The van der Waals surface area contributed by atoms with Crippen LogP contribution in [0.25, 0.3) is 0 Å². The van der Waals surface area contributed by atoms with Gasteiger partial charge in [0.05, 0.1) is 6.61 Å². The van der Waals surface area contributed by atoms with Crippen LogP contribution < -0.4 is 0 Å². The van der Waals surface area contributed by atoms with E-state index in [9.17, 15) is 19.2 Å². The van der Waals surface area contributed by atoms with E-state index in [1.54, 1.807) is 6.92 Å². The number of aliphatic carboxylic acids is 1. The van der Waals surface area contributed by atoms with Crippen LogP contribution in [0.1, 0.15) is 6.92 Å². The van der Waals surface area contributed by atoms with Crippen LogP contribution in [0.3, 0.4) is 0 Å². The molecule has 0 rings (SSSR count). The first-order chi connectivity index (χ1) is 7.95. The molecule has 0 spiro atoms. The molecule has 0 atom stereocenters. The normalized spacial score (nSPS) is 10.4. The van der Waals surface area contributed by atoms with Crippen molar-refractivity contribution in [3.8, 4) is 0 Å². The number of ether oxygens (including phenoxy) is 2. The highest BCUT2D eigenvalue weighted by atomic mass is 16.6. The van der Waals surface area contributed by atoms with Crippen molar-refractivity contribution in [3.05, 3.63) is 24.3 Å². The molecule has 0 aliphatic rings. The molecule has 0 unspecified atom stereocenters. The van der Waals surface area contributed by atoms with Gasteiger partial charge in [-0.3, -0.25) is 0 Å². The van der Waals surface area contributed by atoms with E-state index in [0.29, 0.717) is 18.2 Å². The van der Waals surface area contributed by atoms with Crippen LogP contribution in [-0.4, -0.2) is 35.6 Å². The molecule has 0 saturated carbocycles. The number of rotatable bonds is 5. The molecular formula is C10H10O7. The summed E-state index contributed by atoms with van der Waals surface area (Å²) in [6, 6.07) is 0. The zero-order chi connectivity index (χ0) is 13.3. The lowest BCUT2D eigenvalue weighted by Crippen LogP contribution is -2.09. The molecule has 17 heavy (non-hydrogen) atoms. The van der Waals surface area contributed by atoms with E-state index in [-0.39, 0.29) is 6.61 Å². The molecule has 0 radical (unpaired) electrons. The van der Waals surface area contributed by atoms with Gasteiger partial charge in [0.15, 0.2) is 0 Å². The fourth-order valence-corrected chi connectivity index (χ4v) is 0.633. The maximum atomic E-state index is 10.9. The number of hydrogen-bond donors (Lipinski definition) is 1. The third kappa shape index (κ3) is 8.55. The van der Waals surface area contributed by atoms with Gasteiger partial charge in [-0.2, -0.15) is 0 Å². The Labute approximate surface area is 96.3 Å². The Bertz CT molecular complexity index is 378. The molecule has 0 aliphatic carbocycles.